The van der Waals surface area contributed by atoms with E-state index < -0.39 is 0 Å². The summed E-state index contributed by atoms with van der Waals surface area (Å²) in [5, 5.41) is 4.15. The molecular weight excluding hydrogens is 416 g/mol. The Labute approximate surface area is 193 Å². The summed E-state index contributed by atoms with van der Waals surface area (Å²) >= 11 is 0. The molecule has 2 aliphatic heterocycles. The number of likely N-dealkylation sites (tertiary alicyclic amines) is 1. The second-order valence-electron chi connectivity index (χ2n) is 9.23. The lowest BCUT2D eigenvalue weighted by Crippen LogP contribution is -2.52. The quantitative estimate of drug-likeness (QED) is 0.629. The molecule has 1 aromatic carbocycles. The molecule has 172 valence electrons. The molecule has 1 unspecified atom stereocenters. The van der Waals surface area contributed by atoms with E-state index in [1.54, 1.807) is 18.3 Å². The van der Waals surface area contributed by atoms with Gasteiger partial charge in [0.2, 0.25) is 5.91 Å². The van der Waals surface area contributed by atoms with Crippen molar-refractivity contribution in [3.8, 4) is 0 Å². The van der Waals surface area contributed by atoms with Gasteiger partial charge in [-0.1, -0.05) is 24.3 Å². The number of nitrogens with one attached hydrogen (secondary N) is 2. The molecule has 2 saturated heterocycles. The van der Waals surface area contributed by atoms with Crippen LogP contribution in [0.4, 0.5) is 0 Å². The lowest BCUT2D eigenvalue weighted by molar-refractivity contribution is -0.146. The first kappa shape index (κ1) is 21.6. The van der Waals surface area contributed by atoms with Crippen LogP contribution in [0.5, 0.6) is 0 Å². The summed E-state index contributed by atoms with van der Waals surface area (Å²) in [7, 11) is 0. The fraction of sp³-hybridized carbons (Fsp3) is 0.423. The van der Waals surface area contributed by atoms with Gasteiger partial charge in [0.1, 0.15) is 5.69 Å². The Kier molecular flexibility index (Phi) is 6.13. The van der Waals surface area contributed by atoms with Gasteiger partial charge in [0.25, 0.3) is 5.91 Å². The van der Waals surface area contributed by atoms with Crippen molar-refractivity contribution < 1.29 is 14.3 Å². The van der Waals surface area contributed by atoms with Crippen molar-refractivity contribution in [3.05, 3.63) is 66.1 Å². The minimum atomic E-state index is -0.184. The van der Waals surface area contributed by atoms with Gasteiger partial charge in [-0.3, -0.25) is 14.6 Å². The Morgan fingerprint density at radius 1 is 1.15 bits per heavy atom. The van der Waals surface area contributed by atoms with Crippen LogP contribution in [0, 0.1) is 5.92 Å². The molecule has 0 aliphatic carbocycles. The van der Waals surface area contributed by atoms with Crippen LogP contribution >= 0.6 is 0 Å². The highest BCUT2D eigenvalue weighted by Crippen LogP contribution is 2.37. The molecule has 2 N–H and O–H groups in total. The van der Waals surface area contributed by atoms with Gasteiger partial charge >= 0.3 is 0 Å². The molecular formula is C26H30N4O3. The number of carbonyl (C=O) groups is 2. The van der Waals surface area contributed by atoms with Gasteiger partial charge in [-0.25, -0.2) is 0 Å². The summed E-state index contributed by atoms with van der Waals surface area (Å²) in [6, 6.07) is 13.4. The number of hydrogen-bond acceptors (Lipinski definition) is 4. The molecule has 4 heterocycles. The second kappa shape index (κ2) is 9.35. The number of fused-ring (bicyclic) bond motifs is 1. The number of piperidine rings is 1. The Morgan fingerprint density at radius 2 is 1.97 bits per heavy atom. The van der Waals surface area contributed by atoms with Crippen LogP contribution in [0.3, 0.4) is 0 Å². The minimum Gasteiger partial charge on any atom is -0.375 e. The topological polar surface area (TPSA) is 87.3 Å². The Hall–Kier alpha value is -3.19. The lowest BCUT2D eigenvalue weighted by Gasteiger charge is -2.46. The van der Waals surface area contributed by atoms with E-state index in [1.165, 1.54) is 0 Å². The fourth-order valence-corrected chi connectivity index (χ4v) is 5.19. The standard InChI is InChI=1S/C26H30N4O3/c31-24(15-20-18-28-22-6-2-1-5-21(20)22)30-12-9-26(10-13-30)16-19(8-14-33-26)17-29-25(32)23-7-3-4-11-27-23/h1-7,11,18-19,28H,8-10,12-17H2,(H,29,32). The highest BCUT2D eigenvalue weighted by atomic mass is 16.5. The van der Waals surface area contributed by atoms with Gasteiger partial charge in [0.15, 0.2) is 0 Å². The Morgan fingerprint density at radius 3 is 2.79 bits per heavy atom. The van der Waals surface area contributed by atoms with E-state index in [0.29, 0.717) is 44.3 Å². The van der Waals surface area contributed by atoms with Crippen molar-refractivity contribution in [3.63, 3.8) is 0 Å². The summed E-state index contributed by atoms with van der Waals surface area (Å²) < 4.78 is 6.25. The minimum absolute atomic E-state index is 0.131. The molecule has 5 rings (SSSR count). The predicted octanol–water partition coefficient (Wildman–Crippen LogP) is 3.32. The molecule has 7 nitrogen and oxygen atoms in total. The predicted molar refractivity (Wildman–Crippen MR) is 126 cm³/mol. The van der Waals surface area contributed by atoms with Crippen LogP contribution < -0.4 is 5.32 Å². The number of aromatic amines is 1. The van der Waals surface area contributed by atoms with Crippen LogP contribution in [0.1, 0.15) is 41.7 Å². The Balaban J connectivity index is 1.13. The number of H-pyrrole nitrogens is 1. The van der Waals surface area contributed by atoms with Crippen molar-refractivity contribution in [2.45, 2.75) is 37.7 Å². The average Bonchev–Trinajstić information content (AvgIpc) is 3.26. The van der Waals surface area contributed by atoms with E-state index in [-0.39, 0.29) is 17.4 Å². The van der Waals surface area contributed by atoms with E-state index in [9.17, 15) is 9.59 Å². The number of amides is 2. The maximum atomic E-state index is 13.0. The van der Waals surface area contributed by atoms with Crippen molar-refractivity contribution in [1.82, 2.24) is 20.2 Å². The third-order valence-electron chi connectivity index (χ3n) is 7.09. The van der Waals surface area contributed by atoms with Crippen LogP contribution in [0.15, 0.2) is 54.9 Å². The third-order valence-corrected chi connectivity index (χ3v) is 7.09. The van der Waals surface area contributed by atoms with E-state index in [0.717, 1.165) is 42.1 Å². The highest BCUT2D eigenvalue weighted by Gasteiger charge is 2.41. The molecule has 2 aliphatic rings. The average molecular weight is 447 g/mol. The monoisotopic (exact) mass is 446 g/mol. The van der Waals surface area contributed by atoms with Crippen LogP contribution in [0.25, 0.3) is 10.9 Å². The molecule has 1 spiro atoms. The number of pyridine rings is 1. The lowest BCUT2D eigenvalue weighted by atomic mass is 9.79. The third kappa shape index (κ3) is 4.78. The molecule has 2 amide bonds. The number of carbonyl (C=O) groups excluding carboxylic acids is 2. The number of rotatable bonds is 5. The maximum absolute atomic E-state index is 13.0. The molecule has 0 radical (unpaired) electrons. The van der Waals surface area contributed by atoms with Gasteiger partial charge in [-0.2, -0.15) is 0 Å². The number of aromatic nitrogens is 2. The van der Waals surface area contributed by atoms with Crippen molar-refractivity contribution >= 4 is 22.7 Å². The van der Waals surface area contributed by atoms with Gasteiger partial charge in [0, 0.05) is 49.5 Å². The summed E-state index contributed by atoms with van der Waals surface area (Å²) in [6.45, 7) is 2.76. The van der Waals surface area contributed by atoms with Gasteiger partial charge in [-0.05, 0) is 55.4 Å². The first-order valence-corrected chi connectivity index (χ1v) is 11.8. The molecule has 0 saturated carbocycles. The summed E-state index contributed by atoms with van der Waals surface area (Å²) in [6.07, 6.45) is 7.54. The largest absolute Gasteiger partial charge is 0.375 e. The van der Waals surface area contributed by atoms with Crippen LogP contribution in [0.2, 0.25) is 0 Å². The summed E-state index contributed by atoms with van der Waals surface area (Å²) in [4.78, 5) is 34.7. The van der Waals surface area contributed by atoms with Crippen molar-refractivity contribution in [1.29, 1.82) is 0 Å². The number of benzene rings is 1. The van der Waals surface area contributed by atoms with Crippen molar-refractivity contribution in [2.24, 2.45) is 5.92 Å². The van der Waals surface area contributed by atoms with E-state index in [2.05, 4.69) is 21.4 Å². The molecule has 7 heteroatoms. The van der Waals surface area contributed by atoms with E-state index in [4.69, 9.17) is 4.74 Å². The SMILES string of the molecule is O=C(NCC1CCOC2(CCN(C(=O)Cc3c[nH]c4ccccc34)CC2)C1)c1ccccn1. The zero-order chi connectivity index (χ0) is 22.7. The molecule has 2 fully saturated rings. The number of hydrogen-bond donors (Lipinski definition) is 2. The molecule has 33 heavy (non-hydrogen) atoms. The Bertz CT molecular complexity index is 1120. The second-order valence-corrected chi connectivity index (χ2v) is 9.23. The van der Waals surface area contributed by atoms with Gasteiger partial charge < -0.3 is 19.9 Å². The highest BCUT2D eigenvalue weighted by molar-refractivity contribution is 5.92. The number of ether oxygens (including phenoxy) is 1. The van der Waals surface area contributed by atoms with Crippen molar-refractivity contribution in [2.75, 3.05) is 26.2 Å². The van der Waals surface area contributed by atoms with Gasteiger partial charge in [-0.15, -0.1) is 0 Å². The van der Waals surface area contributed by atoms with Crippen LogP contribution in [-0.4, -0.2) is 58.5 Å². The summed E-state index contributed by atoms with van der Waals surface area (Å²) in [5.74, 6) is 0.415. The zero-order valence-corrected chi connectivity index (χ0v) is 18.8. The molecule has 2 aromatic heterocycles. The summed E-state index contributed by atoms with van der Waals surface area (Å²) in [5.41, 5.74) is 2.38. The molecule has 1 atom stereocenters. The zero-order valence-electron chi connectivity index (χ0n) is 18.8. The number of nitrogens with zero attached hydrogens (tertiary/aromatic N) is 2. The first-order chi connectivity index (χ1) is 16.1. The normalized spacial score (nSPS) is 20.1. The van der Waals surface area contributed by atoms with E-state index >= 15 is 0 Å². The maximum Gasteiger partial charge on any atom is 0.269 e. The fourth-order valence-electron chi connectivity index (χ4n) is 5.19. The van der Waals surface area contributed by atoms with E-state index in [1.807, 2.05) is 35.4 Å². The number of para-hydroxylation sites is 1. The molecule has 0 bridgehead atoms. The first-order valence-electron chi connectivity index (χ1n) is 11.8. The van der Waals surface area contributed by atoms with Crippen LogP contribution in [-0.2, 0) is 16.0 Å². The smallest absolute Gasteiger partial charge is 0.269 e. The molecule has 3 aromatic rings. The van der Waals surface area contributed by atoms with Gasteiger partial charge in [0.05, 0.1) is 12.0 Å².